The molecule has 7 nitrogen and oxygen atoms in total. The molecule has 7 heteroatoms. The van der Waals surface area contributed by atoms with Gasteiger partial charge in [0.15, 0.2) is 5.82 Å². The summed E-state index contributed by atoms with van der Waals surface area (Å²) in [7, 11) is 1.35. The van der Waals surface area contributed by atoms with Crippen molar-refractivity contribution >= 4 is 5.97 Å². The van der Waals surface area contributed by atoms with Crippen LogP contribution in [0.2, 0.25) is 0 Å². The molecule has 0 aromatic carbocycles. The molecule has 0 bridgehead atoms. The molecule has 18 heavy (non-hydrogen) atoms. The van der Waals surface area contributed by atoms with Gasteiger partial charge >= 0.3 is 5.97 Å². The fraction of sp³-hybridized carbons (Fsp3) is 0.364. The van der Waals surface area contributed by atoms with Crippen LogP contribution in [0.25, 0.3) is 0 Å². The maximum Gasteiger partial charge on any atom is 0.354 e. The van der Waals surface area contributed by atoms with Gasteiger partial charge in [-0.15, -0.1) is 0 Å². The van der Waals surface area contributed by atoms with Crippen molar-refractivity contribution < 1.29 is 14.1 Å². The Kier molecular flexibility index (Phi) is 3.73. The van der Waals surface area contributed by atoms with Crippen LogP contribution < -0.4 is 5.32 Å². The van der Waals surface area contributed by atoms with Crippen LogP contribution in [-0.4, -0.2) is 28.2 Å². The molecule has 2 aromatic heterocycles. The first-order chi connectivity index (χ1) is 8.69. The quantitative estimate of drug-likeness (QED) is 0.762. The van der Waals surface area contributed by atoms with Gasteiger partial charge in [-0.25, -0.2) is 4.79 Å². The standard InChI is InChI=1S/C11H14N4O3/c1-7-13-10(15-18-7)6-12-5-8-3-4-9(14-8)11(16)17-2/h3-4,12,14H,5-6H2,1-2H3. The lowest BCUT2D eigenvalue weighted by Crippen LogP contribution is -2.14. The molecule has 0 spiro atoms. The minimum Gasteiger partial charge on any atom is -0.464 e. The first kappa shape index (κ1) is 12.3. The third kappa shape index (κ3) is 2.95. The SMILES string of the molecule is COC(=O)c1ccc(CNCc2noc(C)n2)[nH]1. The van der Waals surface area contributed by atoms with E-state index in [4.69, 9.17) is 4.52 Å². The van der Waals surface area contributed by atoms with E-state index in [0.717, 1.165) is 5.69 Å². The summed E-state index contributed by atoms with van der Waals surface area (Å²) in [6.45, 7) is 2.82. The van der Waals surface area contributed by atoms with Crippen LogP contribution >= 0.6 is 0 Å². The second-order valence-electron chi connectivity index (χ2n) is 3.72. The summed E-state index contributed by atoms with van der Waals surface area (Å²) in [5.41, 5.74) is 1.32. The highest BCUT2D eigenvalue weighted by atomic mass is 16.5. The molecule has 2 heterocycles. The topological polar surface area (TPSA) is 93.0 Å². The largest absolute Gasteiger partial charge is 0.464 e. The Morgan fingerprint density at radius 1 is 1.50 bits per heavy atom. The zero-order chi connectivity index (χ0) is 13.0. The number of carbonyl (C=O) groups is 1. The van der Waals surface area contributed by atoms with Gasteiger partial charge < -0.3 is 19.6 Å². The highest BCUT2D eigenvalue weighted by Crippen LogP contribution is 2.03. The minimum atomic E-state index is -0.380. The van der Waals surface area contributed by atoms with Crippen molar-refractivity contribution in [3.63, 3.8) is 0 Å². The van der Waals surface area contributed by atoms with E-state index in [2.05, 4.69) is 25.2 Å². The van der Waals surface area contributed by atoms with Crippen molar-refractivity contribution in [2.75, 3.05) is 7.11 Å². The van der Waals surface area contributed by atoms with E-state index >= 15 is 0 Å². The fourth-order valence-corrected chi connectivity index (χ4v) is 1.49. The summed E-state index contributed by atoms with van der Waals surface area (Å²) in [6, 6.07) is 3.50. The van der Waals surface area contributed by atoms with Crippen molar-refractivity contribution in [2.45, 2.75) is 20.0 Å². The van der Waals surface area contributed by atoms with Gasteiger partial charge in [-0.05, 0) is 12.1 Å². The summed E-state index contributed by atoms with van der Waals surface area (Å²) < 4.78 is 9.45. The second kappa shape index (κ2) is 5.46. The molecular weight excluding hydrogens is 236 g/mol. The number of aromatic amines is 1. The molecule has 96 valence electrons. The number of aryl methyl sites for hydroxylation is 1. The Balaban J connectivity index is 1.83. The number of aromatic nitrogens is 3. The number of methoxy groups -OCH3 is 1. The predicted octanol–water partition coefficient (Wildman–Crippen LogP) is 0.783. The number of hydrogen-bond donors (Lipinski definition) is 2. The second-order valence-corrected chi connectivity index (χ2v) is 3.72. The molecule has 0 fully saturated rings. The molecule has 0 amide bonds. The number of carbonyl (C=O) groups excluding carboxylic acids is 1. The maximum absolute atomic E-state index is 11.2. The fourth-order valence-electron chi connectivity index (χ4n) is 1.49. The van der Waals surface area contributed by atoms with Gasteiger partial charge in [-0.1, -0.05) is 5.16 Å². The third-order valence-corrected chi connectivity index (χ3v) is 2.32. The normalized spacial score (nSPS) is 10.6. The van der Waals surface area contributed by atoms with Crippen LogP contribution in [0.4, 0.5) is 0 Å². The highest BCUT2D eigenvalue weighted by Gasteiger charge is 2.08. The average molecular weight is 250 g/mol. The number of H-pyrrole nitrogens is 1. The lowest BCUT2D eigenvalue weighted by Gasteiger charge is -1.99. The van der Waals surface area contributed by atoms with Crippen LogP contribution in [0.3, 0.4) is 0 Å². The van der Waals surface area contributed by atoms with Gasteiger partial charge in [-0.3, -0.25) is 0 Å². The van der Waals surface area contributed by atoms with Crippen LogP contribution in [0.1, 0.15) is 27.9 Å². The van der Waals surface area contributed by atoms with E-state index in [9.17, 15) is 4.79 Å². The maximum atomic E-state index is 11.2. The molecule has 0 atom stereocenters. The average Bonchev–Trinajstić information content (AvgIpc) is 2.98. The number of nitrogens with zero attached hydrogens (tertiary/aromatic N) is 2. The highest BCUT2D eigenvalue weighted by molar-refractivity contribution is 5.87. The van der Waals surface area contributed by atoms with Crippen LogP contribution in [0.5, 0.6) is 0 Å². The summed E-state index contributed by atoms with van der Waals surface area (Å²) in [6.07, 6.45) is 0. The van der Waals surface area contributed by atoms with Crippen LogP contribution in [-0.2, 0) is 17.8 Å². The van der Waals surface area contributed by atoms with E-state index in [1.165, 1.54) is 7.11 Å². The van der Waals surface area contributed by atoms with Gasteiger partial charge in [0, 0.05) is 19.2 Å². The van der Waals surface area contributed by atoms with Gasteiger partial charge in [0.2, 0.25) is 5.89 Å². The van der Waals surface area contributed by atoms with Gasteiger partial charge in [0.1, 0.15) is 5.69 Å². The molecule has 0 aliphatic carbocycles. The van der Waals surface area contributed by atoms with E-state index in [0.29, 0.717) is 30.5 Å². The van der Waals surface area contributed by atoms with Crippen molar-refractivity contribution in [1.29, 1.82) is 0 Å². The molecule has 0 radical (unpaired) electrons. The third-order valence-electron chi connectivity index (χ3n) is 2.32. The molecule has 0 saturated heterocycles. The Hall–Kier alpha value is -2.15. The smallest absolute Gasteiger partial charge is 0.354 e. The Labute approximate surface area is 104 Å². The van der Waals surface area contributed by atoms with Crippen molar-refractivity contribution in [2.24, 2.45) is 0 Å². The summed E-state index contributed by atoms with van der Waals surface area (Å²) in [5.74, 6) is 0.766. The lowest BCUT2D eigenvalue weighted by atomic mass is 10.4. The minimum absolute atomic E-state index is 0.380. The zero-order valence-corrected chi connectivity index (χ0v) is 10.2. The predicted molar refractivity (Wildman–Crippen MR) is 61.7 cm³/mol. The molecular formula is C11H14N4O3. The number of esters is 1. The number of nitrogens with one attached hydrogen (secondary N) is 2. The summed E-state index contributed by atoms with van der Waals surface area (Å²) in [5, 5.41) is 6.89. The van der Waals surface area contributed by atoms with E-state index < -0.39 is 0 Å². The van der Waals surface area contributed by atoms with E-state index in [-0.39, 0.29) is 5.97 Å². The van der Waals surface area contributed by atoms with Crippen molar-refractivity contribution in [1.82, 2.24) is 20.4 Å². The van der Waals surface area contributed by atoms with Gasteiger partial charge in [0.05, 0.1) is 13.7 Å². The van der Waals surface area contributed by atoms with E-state index in [1.807, 2.05) is 6.07 Å². The van der Waals surface area contributed by atoms with Crippen molar-refractivity contribution in [3.05, 3.63) is 35.2 Å². The zero-order valence-electron chi connectivity index (χ0n) is 10.2. The summed E-state index contributed by atoms with van der Waals surface area (Å²) >= 11 is 0. The molecule has 0 aliphatic heterocycles. The molecule has 0 saturated carbocycles. The van der Waals surface area contributed by atoms with Crippen LogP contribution in [0.15, 0.2) is 16.7 Å². The van der Waals surface area contributed by atoms with Crippen LogP contribution in [0, 0.1) is 6.92 Å². The summed E-state index contributed by atoms with van der Waals surface area (Å²) in [4.78, 5) is 18.2. The monoisotopic (exact) mass is 250 g/mol. The molecule has 0 aliphatic rings. The van der Waals surface area contributed by atoms with Crippen molar-refractivity contribution in [3.8, 4) is 0 Å². The molecule has 2 rings (SSSR count). The Morgan fingerprint density at radius 2 is 2.33 bits per heavy atom. The number of hydrogen-bond acceptors (Lipinski definition) is 6. The van der Waals surface area contributed by atoms with Gasteiger partial charge in [0.25, 0.3) is 0 Å². The van der Waals surface area contributed by atoms with E-state index in [1.54, 1.807) is 13.0 Å². The molecule has 2 aromatic rings. The Morgan fingerprint density at radius 3 is 3.00 bits per heavy atom. The first-order valence-corrected chi connectivity index (χ1v) is 5.45. The number of ether oxygens (including phenoxy) is 1. The Bertz CT molecular complexity index is 532. The molecule has 0 unspecified atom stereocenters. The number of rotatable bonds is 5. The first-order valence-electron chi connectivity index (χ1n) is 5.45. The van der Waals surface area contributed by atoms with Gasteiger partial charge in [-0.2, -0.15) is 4.98 Å². The molecule has 2 N–H and O–H groups in total. The lowest BCUT2D eigenvalue weighted by molar-refractivity contribution is 0.0594.